The van der Waals surface area contributed by atoms with Crippen LogP contribution in [-0.2, 0) is 0 Å². The van der Waals surface area contributed by atoms with E-state index in [0.717, 1.165) is 37.9 Å². The number of aliphatic hydroxyl groups is 3. The topological polar surface area (TPSA) is 63.9 Å². The quantitative estimate of drug-likeness (QED) is 0.658. The number of piperidine rings is 1. The molecule has 2 spiro atoms. The Morgan fingerprint density at radius 3 is 2.73 bits per heavy atom. The molecule has 1 heterocycles. The summed E-state index contributed by atoms with van der Waals surface area (Å²) in [6.45, 7) is 8.72. The Hall–Kier alpha value is -0.420. The molecule has 6 bridgehead atoms. The van der Waals surface area contributed by atoms with Gasteiger partial charge in [0, 0.05) is 24.5 Å². The fourth-order valence-electron chi connectivity index (χ4n) is 10.1. The van der Waals surface area contributed by atoms with Gasteiger partial charge in [0.2, 0.25) is 0 Å². The summed E-state index contributed by atoms with van der Waals surface area (Å²) in [7, 11) is 0. The molecule has 0 amide bonds. The van der Waals surface area contributed by atoms with Gasteiger partial charge in [-0.3, -0.25) is 4.90 Å². The van der Waals surface area contributed by atoms with Crippen molar-refractivity contribution in [3.8, 4) is 0 Å². The van der Waals surface area contributed by atoms with Crippen molar-refractivity contribution >= 4 is 0 Å². The van der Waals surface area contributed by atoms with Gasteiger partial charge in [-0.2, -0.15) is 0 Å². The summed E-state index contributed by atoms with van der Waals surface area (Å²) in [6.07, 6.45) is 5.91. The molecule has 0 unspecified atom stereocenters. The third kappa shape index (κ3) is 1.43. The Morgan fingerprint density at radius 1 is 1.15 bits per heavy atom. The molecule has 3 N–H and O–H groups in total. The van der Waals surface area contributed by atoms with Crippen LogP contribution in [0.1, 0.15) is 45.4 Å². The average Bonchev–Trinajstić information content (AvgIpc) is 2.69. The van der Waals surface area contributed by atoms with Crippen LogP contribution in [0.15, 0.2) is 12.2 Å². The maximum absolute atomic E-state index is 11.5. The monoisotopic (exact) mass is 359 g/mol. The summed E-state index contributed by atoms with van der Waals surface area (Å²) in [5.74, 6) is 1.79. The molecule has 6 saturated carbocycles. The molecule has 0 radical (unpaired) electrons. The van der Waals surface area contributed by atoms with Gasteiger partial charge in [-0.05, 0) is 72.2 Å². The maximum Gasteiger partial charge on any atom is 0.0837 e. The highest BCUT2D eigenvalue weighted by atomic mass is 16.3. The number of aliphatic hydroxyl groups excluding tert-OH is 3. The number of rotatable bonds is 2. The molecule has 10 atom stereocenters. The molecular weight excluding hydrogens is 326 g/mol. The van der Waals surface area contributed by atoms with Gasteiger partial charge in [-0.15, -0.1) is 0 Å². The number of fused-ring (bicyclic) bond motifs is 1. The highest BCUT2D eigenvalue weighted by Gasteiger charge is 2.83. The zero-order valence-electron chi connectivity index (χ0n) is 15.9. The van der Waals surface area contributed by atoms with E-state index < -0.39 is 12.2 Å². The van der Waals surface area contributed by atoms with E-state index in [1.165, 1.54) is 19.3 Å². The first-order valence-corrected chi connectivity index (χ1v) is 10.8. The van der Waals surface area contributed by atoms with Gasteiger partial charge in [-0.25, -0.2) is 0 Å². The van der Waals surface area contributed by atoms with E-state index >= 15 is 0 Å². The van der Waals surface area contributed by atoms with Crippen LogP contribution in [0.4, 0.5) is 0 Å². The van der Waals surface area contributed by atoms with Crippen molar-refractivity contribution in [2.45, 2.75) is 63.7 Å². The Labute approximate surface area is 156 Å². The average molecular weight is 360 g/mol. The van der Waals surface area contributed by atoms with Crippen molar-refractivity contribution in [2.75, 3.05) is 19.7 Å². The summed E-state index contributed by atoms with van der Waals surface area (Å²) in [4.78, 5) is 2.59. The molecular formula is C22H33NO3. The second-order valence-electron chi connectivity index (χ2n) is 10.9. The van der Waals surface area contributed by atoms with E-state index in [0.29, 0.717) is 29.7 Å². The lowest BCUT2D eigenvalue weighted by atomic mass is 9.38. The fraction of sp³-hybridized carbons (Fsp3) is 0.909. The van der Waals surface area contributed by atoms with Crippen molar-refractivity contribution < 1.29 is 15.3 Å². The molecule has 26 heavy (non-hydrogen) atoms. The Morgan fingerprint density at radius 2 is 1.96 bits per heavy atom. The lowest BCUT2D eigenvalue weighted by molar-refractivity contribution is -0.235. The van der Waals surface area contributed by atoms with E-state index in [4.69, 9.17) is 0 Å². The molecule has 0 aromatic carbocycles. The third-order valence-corrected chi connectivity index (χ3v) is 10.5. The molecule has 4 nitrogen and oxygen atoms in total. The number of β-amino-alcohol motifs (C(OH)–C–C–N with tert-alkyl or cyclic N) is 1. The van der Waals surface area contributed by atoms with E-state index in [-0.39, 0.29) is 22.9 Å². The van der Waals surface area contributed by atoms with E-state index in [1.54, 1.807) is 0 Å². The van der Waals surface area contributed by atoms with Gasteiger partial charge in [0.1, 0.15) is 0 Å². The number of hydrogen-bond acceptors (Lipinski definition) is 4. The normalized spacial score (nSPS) is 62.6. The lowest BCUT2D eigenvalue weighted by Gasteiger charge is -2.69. The largest absolute Gasteiger partial charge is 0.395 e. The first kappa shape index (κ1) is 16.5. The Balaban J connectivity index is 1.61. The number of hydrogen-bond donors (Lipinski definition) is 3. The first-order valence-electron chi connectivity index (χ1n) is 10.8. The molecule has 144 valence electrons. The smallest absolute Gasteiger partial charge is 0.0837 e. The van der Waals surface area contributed by atoms with Crippen LogP contribution in [0.3, 0.4) is 0 Å². The van der Waals surface area contributed by atoms with Gasteiger partial charge in [0.05, 0.1) is 18.8 Å². The van der Waals surface area contributed by atoms with Crippen molar-refractivity contribution in [3.63, 3.8) is 0 Å². The van der Waals surface area contributed by atoms with E-state index in [2.05, 4.69) is 18.4 Å². The highest BCUT2D eigenvalue weighted by Crippen LogP contribution is 2.82. The van der Waals surface area contributed by atoms with Crippen molar-refractivity contribution in [1.29, 1.82) is 0 Å². The minimum Gasteiger partial charge on any atom is -0.395 e. The minimum atomic E-state index is -0.537. The van der Waals surface area contributed by atoms with Crippen LogP contribution in [0.2, 0.25) is 0 Å². The first-order chi connectivity index (χ1) is 12.4. The van der Waals surface area contributed by atoms with Gasteiger partial charge in [0.25, 0.3) is 0 Å². The van der Waals surface area contributed by atoms with Crippen LogP contribution in [-0.4, -0.2) is 58.2 Å². The minimum absolute atomic E-state index is 0.207. The molecule has 1 saturated heterocycles. The van der Waals surface area contributed by atoms with Crippen LogP contribution >= 0.6 is 0 Å². The maximum atomic E-state index is 11.5. The number of nitrogens with zero attached hydrogens (tertiary/aromatic N) is 1. The second-order valence-corrected chi connectivity index (χ2v) is 10.9. The predicted octanol–water partition coefficient (Wildman–Crippen LogP) is 1.79. The molecule has 0 aromatic heterocycles. The van der Waals surface area contributed by atoms with Crippen LogP contribution in [0, 0.1) is 39.9 Å². The molecule has 7 aliphatic rings. The Kier molecular flexibility index (Phi) is 3.03. The van der Waals surface area contributed by atoms with Gasteiger partial charge in [-0.1, -0.05) is 19.9 Å². The summed E-state index contributed by atoms with van der Waals surface area (Å²) in [5.41, 5.74) is 1.10. The molecule has 1 aliphatic heterocycles. The standard InChI is InChI=1S/C22H33NO3/c1-12-13-8-14-18-21-5-3-4-20(2,11-23(18)6-7-24)15(21)10-17(25)22(14,19(12)26)16(21)9-13/h13-19,24-26H,1,3-11H2,2H3/t13-,14+,15+,16-,17-,18+,19+,20-,21-,22+/m0/s1. The van der Waals surface area contributed by atoms with Crippen molar-refractivity contribution in [3.05, 3.63) is 12.2 Å². The van der Waals surface area contributed by atoms with Crippen molar-refractivity contribution in [1.82, 2.24) is 4.90 Å². The third-order valence-electron chi connectivity index (χ3n) is 10.5. The van der Waals surface area contributed by atoms with Gasteiger partial charge < -0.3 is 15.3 Å². The highest BCUT2D eigenvalue weighted by molar-refractivity contribution is 5.38. The fourth-order valence-corrected chi connectivity index (χ4v) is 10.1. The summed E-state index contributed by atoms with van der Waals surface area (Å²) in [5, 5.41) is 32.7. The molecule has 7 fully saturated rings. The summed E-state index contributed by atoms with van der Waals surface area (Å²) >= 11 is 0. The lowest BCUT2D eigenvalue weighted by Crippen LogP contribution is -2.69. The zero-order valence-corrected chi connectivity index (χ0v) is 15.9. The van der Waals surface area contributed by atoms with Crippen LogP contribution < -0.4 is 0 Å². The molecule has 6 aliphatic carbocycles. The van der Waals surface area contributed by atoms with Crippen molar-refractivity contribution in [2.24, 2.45) is 39.9 Å². The summed E-state index contributed by atoms with van der Waals surface area (Å²) in [6, 6.07) is 0.433. The molecule has 4 heteroatoms. The van der Waals surface area contributed by atoms with E-state index in [9.17, 15) is 15.3 Å². The second kappa shape index (κ2) is 4.76. The predicted molar refractivity (Wildman–Crippen MR) is 98.2 cm³/mol. The van der Waals surface area contributed by atoms with Crippen LogP contribution in [0.25, 0.3) is 0 Å². The SMILES string of the molecule is C=C1[C@H]2C[C@@H]3[C@H]4N(CCO)C[C@]5(C)CCC[C@@]46[C@@H]5C[C@H](O)[C@]3([C@@H]1O)[C@H]6C2. The summed E-state index contributed by atoms with van der Waals surface area (Å²) < 4.78 is 0. The molecule has 0 aromatic rings. The van der Waals surface area contributed by atoms with Gasteiger partial charge in [0.15, 0.2) is 0 Å². The van der Waals surface area contributed by atoms with Crippen LogP contribution in [0.5, 0.6) is 0 Å². The Bertz CT molecular complexity index is 680. The molecule has 7 rings (SSSR count). The van der Waals surface area contributed by atoms with Gasteiger partial charge >= 0.3 is 0 Å². The van der Waals surface area contributed by atoms with E-state index in [1.807, 2.05) is 0 Å². The zero-order chi connectivity index (χ0) is 18.1. The number of likely N-dealkylation sites (tertiary alicyclic amines) is 1.